The van der Waals surface area contributed by atoms with Gasteiger partial charge in [0.2, 0.25) is 11.9 Å². The van der Waals surface area contributed by atoms with Crippen LogP contribution in [0.2, 0.25) is 0 Å². The summed E-state index contributed by atoms with van der Waals surface area (Å²) >= 11 is 0. The zero-order valence-electron chi connectivity index (χ0n) is 14.1. The molecule has 0 aliphatic rings. The minimum Gasteiger partial charge on any atom is -0.508 e. The third kappa shape index (κ3) is 3.66. The Labute approximate surface area is 151 Å². The number of rotatable bonds is 4. The minimum absolute atomic E-state index is 0. The van der Waals surface area contributed by atoms with Gasteiger partial charge in [-0.1, -0.05) is 6.07 Å². The van der Waals surface area contributed by atoms with E-state index < -0.39 is 0 Å². The highest BCUT2D eigenvalue weighted by atomic mass is 35.5. The van der Waals surface area contributed by atoms with Crippen LogP contribution in [0.15, 0.2) is 48.5 Å². The average molecular weight is 364 g/mol. The number of aromatic nitrogens is 3. The Hall–Kier alpha value is -2.80. The number of anilines is 4. The summed E-state index contributed by atoms with van der Waals surface area (Å²) in [5.41, 5.74) is 1.60. The molecule has 25 heavy (non-hydrogen) atoms. The molecule has 3 aromatic rings. The first-order valence-electron chi connectivity index (χ1n) is 7.39. The molecule has 0 atom stereocenters. The Balaban J connectivity index is 0.00000225. The van der Waals surface area contributed by atoms with Gasteiger partial charge in [-0.05, 0) is 36.4 Å². The monoisotopic (exact) mass is 363 g/mol. The predicted octanol–water partition coefficient (Wildman–Crippen LogP) is 3.62. The van der Waals surface area contributed by atoms with E-state index in [1.54, 1.807) is 30.3 Å². The van der Waals surface area contributed by atoms with Gasteiger partial charge in [-0.15, -0.1) is 22.6 Å². The van der Waals surface area contributed by atoms with Crippen molar-refractivity contribution in [3.8, 4) is 5.75 Å². The van der Waals surface area contributed by atoms with E-state index in [0.717, 1.165) is 11.4 Å². The zero-order chi connectivity index (χ0) is 17.3. The second-order valence-electron chi connectivity index (χ2n) is 5.47. The molecule has 0 saturated carbocycles. The fourth-order valence-corrected chi connectivity index (χ4v) is 2.49. The van der Waals surface area contributed by atoms with Crippen LogP contribution in [-0.2, 0) is 7.05 Å². The summed E-state index contributed by atoms with van der Waals surface area (Å²) < 4.78 is 14.9. The van der Waals surface area contributed by atoms with Gasteiger partial charge in [0, 0.05) is 38.6 Å². The normalized spacial score (nSPS) is 10.2. The SMILES string of the molecule is CN(c1ccc(F)cc1)c1nnc(N(C)c2cccc(O)c2)n1C.Cl. The smallest absolute Gasteiger partial charge is 0.232 e. The van der Waals surface area contributed by atoms with Crippen LogP contribution >= 0.6 is 12.4 Å². The molecule has 2 aromatic carbocycles. The largest absolute Gasteiger partial charge is 0.508 e. The van der Waals surface area contributed by atoms with E-state index in [4.69, 9.17) is 0 Å². The van der Waals surface area contributed by atoms with Crippen molar-refractivity contribution in [2.24, 2.45) is 7.05 Å². The molecular formula is C17H19ClFN5O. The van der Waals surface area contributed by atoms with Crippen LogP contribution in [0.1, 0.15) is 0 Å². The van der Waals surface area contributed by atoms with Crippen molar-refractivity contribution in [1.82, 2.24) is 14.8 Å². The lowest BCUT2D eigenvalue weighted by Gasteiger charge is -2.21. The van der Waals surface area contributed by atoms with Gasteiger partial charge in [-0.3, -0.25) is 4.57 Å². The third-order valence-corrected chi connectivity index (χ3v) is 3.86. The number of aromatic hydroxyl groups is 1. The molecule has 132 valence electrons. The maximum absolute atomic E-state index is 13.1. The summed E-state index contributed by atoms with van der Waals surface area (Å²) in [6, 6.07) is 13.1. The molecule has 0 aliphatic carbocycles. The molecule has 0 spiro atoms. The van der Waals surface area contributed by atoms with Crippen molar-refractivity contribution in [2.75, 3.05) is 23.9 Å². The van der Waals surface area contributed by atoms with Gasteiger partial charge in [-0.2, -0.15) is 0 Å². The number of halogens is 2. The lowest BCUT2D eigenvalue weighted by molar-refractivity contribution is 0.475. The summed E-state index contributed by atoms with van der Waals surface area (Å²) in [5, 5.41) is 18.1. The number of phenolic OH excluding ortho intramolecular Hbond substituents is 1. The second kappa shape index (κ2) is 7.40. The van der Waals surface area contributed by atoms with Crippen LogP contribution in [0.3, 0.4) is 0 Å². The Morgan fingerprint density at radius 3 is 2.04 bits per heavy atom. The van der Waals surface area contributed by atoms with Gasteiger partial charge in [0.25, 0.3) is 0 Å². The van der Waals surface area contributed by atoms with Crippen LogP contribution in [0.4, 0.5) is 27.7 Å². The third-order valence-electron chi connectivity index (χ3n) is 3.86. The molecule has 3 rings (SSSR count). The van der Waals surface area contributed by atoms with Gasteiger partial charge in [-0.25, -0.2) is 4.39 Å². The first kappa shape index (κ1) is 18.5. The van der Waals surface area contributed by atoms with Gasteiger partial charge >= 0.3 is 0 Å². The molecular weight excluding hydrogens is 345 g/mol. The Kier molecular flexibility index (Phi) is 5.48. The van der Waals surface area contributed by atoms with E-state index in [1.165, 1.54) is 12.1 Å². The average Bonchev–Trinajstić information content (AvgIpc) is 2.96. The van der Waals surface area contributed by atoms with E-state index in [-0.39, 0.29) is 24.0 Å². The summed E-state index contributed by atoms with van der Waals surface area (Å²) in [6.45, 7) is 0. The molecule has 1 N–H and O–H groups in total. The molecule has 0 fully saturated rings. The molecule has 1 aromatic heterocycles. The van der Waals surface area contributed by atoms with Gasteiger partial charge < -0.3 is 14.9 Å². The topological polar surface area (TPSA) is 57.4 Å². The van der Waals surface area contributed by atoms with Crippen LogP contribution in [0.5, 0.6) is 5.75 Å². The summed E-state index contributed by atoms with van der Waals surface area (Å²) in [4.78, 5) is 3.65. The molecule has 0 unspecified atom stereocenters. The lowest BCUT2D eigenvalue weighted by atomic mass is 10.3. The van der Waals surface area contributed by atoms with Crippen molar-refractivity contribution < 1.29 is 9.50 Å². The molecule has 6 nitrogen and oxygen atoms in total. The van der Waals surface area contributed by atoms with E-state index in [9.17, 15) is 9.50 Å². The molecule has 1 heterocycles. The lowest BCUT2D eigenvalue weighted by Crippen LogP contribution is -2.18. The highest BCUT2D eigenvalue weighted by Gasteiger charge is 2.18. The molecule has 0 radical (unpaired) electrons. The zero-order valence-corrected chi connectivity index (χ0v) is 14.9. The van der Waals surface area contributed by atoms with E-state index in [1.807, 2.05) is 41.6 Å². The summed E-state index contributed by atoms with van der Waals surface area (Å²) in [5.74, 6) is 1.13. The minimum atomic E-state index is -0.283. The molecule has 8 heteroatoms. The quantitative estimate of drug-likeness (QED) is 0.767. The fourth-order valence-electron chi connectivity index (χ4n) is 2.49. The van der Waals surface area contributed by atoms with Crippen molar-refractivity contribution >= 4 is 35.7 Å². The van der Waals surface area contributed by atoms with E-state index >= 15 is 0 Å². The van der Waals surface area contributed by atoms with Crippen LogP contribution in [0.25, 0.3) is 0 Å². The summed E-state index contributed by atoms with van der Waals surface area (Å²) in [7, 11) is 5.54. The maximum Gasteiger partial charge on any atom is 0.232 e. The molecule has 0 saturated heterocycles. The number of hydrogen-bond donors (Lipinski definition) is 1. The molecule has 0 bridgehead atoms. The highest BCUT2D eigenvalue weighted by Crippen LogP contribution is 2.28. The predicted molar refractivity (Wildman–Crippen MR) is 98.9 cm³/mol. The van der Waals surface area contributed by atoms with Gasteiger partial charge in [0.15, 0.2) is 0 Å². The number of phenols is 1. The first-order chi connectivity index (χ1) is 11.5. The maximum atomic E-state index is 13.1. The standard InChI is InChI=1S/C17H18FN5O.ClH/c1-21(13-9-7-12(18)8-10-13)16-19-20-17(23(16)3)22(2)14-5-4-6-15(24)11-14;/h4-11,24H,1-3H3;1H. The van der Waals surface area contributed by atoms with Gasteiger partial charge in [0.05, 0.1) is 0 Å². The van der Waals surface area contributed by atoms with Crippen LogP contribution < -0.4 is 9.80 Å². The van der Waals surface area contributed by atoms with E-state index in [2.05, 4.69) is 10.2 Å². The number of hydrogen-bond acceptors (Lipinski definition) is 5. The summed E-state index contributed by atoms with van der Waals surface area (Å²) in [6.07, 6.45) is 0. The van der Waals surface area contributed by atoms with Crippen molar-refractivity contribution in [1.29, 1.82) is 0 Å². The van der Waals surface area contributed by atoms with Crippen molar-refractivity contribution in [2.45, 2.75) is 0 Å². The van der Waals surface area contributed by atoms with E-state index in [0.29, 0.717) is 11.9 Å². The van der Waals surface area contributed by atoms with Crippen molar-refractivity contribution in [3.63, 3.8) is 0 Å². The first-order valence-corrected chi connectivity index (χ1v) is 7.39. The Morgan fingerprint density at radius 2 is 1.48 bits per heavy atom. The Morgan fingerprint density at radius 1 is 0.920 bits per heavy atom. The van der Waals surface area contributed by atoms with Gasteiger partial charge in [0.1, 0.15) is 11.6 Å². The highest BCUT2D eigenvalue weighted by molar-refractivity contribution is 5.85. The van der Waals surface area contributed by atoms with Crippen LogP contribution in [-0.4, -0.2) is 34.0 Å². The van der Waals surface area contributed by atoms with Crippen molar-refractivity contribution in [3.05, 3.63) is 54.3 Å². The van der Waals surface area contributed by atoms with Crippen LogP contribution in [0, 0.1) is 5.82 Å². The molecule has 0 aliphatic heterocycles. The number of nitrogens with zero attached hydrogens (tertiary/aromatic N) is 5. The fraction of sp³-hybridized carbons (Fsp3) is 0.176. The molecule has 0 amide bonds. The number of benzene rings is 2. The Bertz CT molecular complexity index is 852. The second-order valence-corrected chi connectivity index (χ2v) is 5.47.